The fourth-order valence-electron chi connectivity index (χ4n) is 3.85. The summed E-state index contributed by atoms with van der Waals surface area (Å²) in [4.78, 5) is 27.0. The largest absolute Gasteiger partial charge is 0.432 e. The summed E-state index contributed by atoms with van der Waals surface area (Å²) < 4.78 is 7.23. The van der Waals surface area contributed by atoms with Crippen molar-refractivity contribution in [1.82, 2.24) is 29.5 Å². The summed E-state index contributed by atoms with van der Waals surface area (Å²) in [5.74, 6) is -0.102. The number of aromatic nitrogens is 5. The minimum absolute atomic E-state index is 0.108. The van der Waals surface area contributed by atoms with Crippen molar-refractivity contribution in [1.29, 1.82) is 0 Å². The number of hydrogen-bond acceptors (Lipinski definition) is 6. The number of carbonyl (C=O) groups is 1. The van der Waals surface area contributed by atoms with Crippen LogP contribution in [-0.4, -0.2) is 47.0 Å². The lowest BCUT2D eigenvalue weighted by molar-refractivity contribution is 0.0644. The first-order chi connectivity index (χ1) is 14.4. The van der Waals surface area contributed by atoms with Crippen LogP contribution in [0.2, 0.25) is 5.15 Å². The molecule has 0 saturated carbocycles. The average Bonchev–Trinajstić information content (AvgIpc) is 3.44. The summed E-state index contributed by atoms with van der Waals surface area (Å²) in [5, 5.41) is 14.9. The number of oxazole rings is 1. The van der Waals surface area contributed by atoms with Gasteiger partial charge in [-0.2, -0.15) is 5.10 Å². The van der Waals surface area contributed by atoms with E-state index in [1.54, 1.807) is 35.7 Å². The highest BCUT2D eigenvalue weighted by molar-refractivity contribution is 6.29. The molecule has 1 unspecified atom stereocenters. The Kier molecular flexibility index (Phi) is 4.37. The van der Waals surface area contributed by atoms with E-state index in [4.69, 9.17) is 16.0 Å². The number of pyridine rings is 1. The maximum absolute atomic E-state index is 13.5. The normalized spacial score (nSPS) is 17.3. The summed E-state index contributed by atoms with van der Waals surface area (Å²) in [6.07, 6.45) is 1.35. The number of aromatic amines is 1. The summed E-state index contributed by atoms with van der Waals surface area (Å²) in [5.41, 5.74) is 3.60. The van der Waals surface area contributed by atoms with E-state index in [1.807, 2.05) is 18.2 Å². The lowest BCUT2D eigenvalue weighted by Crippen LogP contribution is -2.41. The van der Waals surface area contributed by atoms with Crippen LogP contribution in [0.25, 0.3) is 5.52 Å². The third-order valence-electron chi connectivity index (χ3n) is 5.29. The van der Waals surface area contributed by atoms with Gasteiger partial charge in [0.05, 0.1) is 28.9 Å². The number of H-pyrrole nitrogens is 1. The first-order valence-corrected chi connectivity index (χ1v) is 9.94. The Bertz CT molecular complexity index is 1260. The van der Waals surface area contributed by atoms with Crippen molar-refractivity contribution in [3.05, 3.63) is 70.2 Å². The number of hydrogen-bond donors (Lipinski definition) is 2. The van der Waals surface area contributed by atoms with Crippen LogP contribution in [0.3, 0.4) is 0 Å². The van der Waals surface area contributed by atoms with Crippen LogP contribution in [0.5, 0.6) is 0 Å². The van der Waals surface area contributed by atoms with Gasteiger partial charge in [0.15, 0.2) is 0 Å². The predicted octanol–water partition coefficient (Wildman–Crippen LogP) is 2.85. The molecule has 1 aliphatic rings. The molecule has 1 aliphatic heterocycles. The van der Waals surface area contributed by atoms with Gasteiger partial charge in [-0.1, -0.05) is 17.7 Å². The molecule has 0 fully saturated rings. The minimum Gasteiger partial charge on any atom is -0.432 e. The number of nitrogens with zero attached hydrogens (tertiary/aromatic N) is 5. The number of aliphatic hydroxyl groups excluding tert-OH is 1. The standard InChI is InChI=1S/C20H19ClN6O3/c1-10-18(30-19(24-10)11(2)28)20(29)26-7-6-13-16(23-9-22-13)17(26)14-8-12-4-3-5-15(21)27(12)25-14/h3-5,8-9,11,17,28H,6-7H2,1-2H3,(H,22,23)/t11-,17?/m0/s1. The molecule has 0 saturated heterocycles. The van der Waals surface area contributed by atoms with Crippen molar-refractivity contribution in [3.63, 3.8) is 0 Å². The molecule has 154 valence electrons. The Hall–Kier alpha value is -3.17. The van der Waals surface area contributed by atoms with E-state index in [1.165, 1.54) is 0 Å². The van der Waals surface area contributed by atoms with Crippen LogP contribution in [0.4, 0.5) is 0 Å². The van der Waals surface area contributed by atoms with Gasteiger partial charge < -0.3 is 19.4 Å². The van der Waals surface area contributed by atoms with Gasteiger partial charge in [0, 0.05) is 18.7 Å². The van der Waals surface area contributed by atoms with Crippen LogP contribution in [-0.2, 0) is 6.42 Å². The number of nitrogens with one attached hydrogen (secondary N) is 1. The van der Waals surface area contributed by atoms with E-state index >= 15 is 0 Å². The van der Waals surface area contributed by atoms with Crippen molar-refractivity contribution >= 4 is 23.0 Å². The van der Waals surface area contributed by atoms with Crippen LogP contribution in [0.15, 0.2) is 35.0 Å². The summed E-state index contributed by atoms with van der Waals surface area (Å²) in [6, 6.07) is 6.89. The second-order valence-corrected chi connectivity index (χ2v) is 7.70. The zero-order valence-corrected chi connectivity index (χ0v) is 17.1. The van der Waals surface area contributed by atoms with Gasteiger partial charge >= 0.3 is 0 Å². The van der Waals surface area contributed by atoms with Crippen molar-refractivity contribution in [2.24, 2.45) is 0 Å². The second-order valence-electron chi connectivity index (χ2n) is 7.31. The Balaban J connectivity index is 1.62. The van der Waals surface area contributed by atoms with Crippen molar-refractivity contribution in [2.75, 3.05) is 6.54 Å². The number of rotatable bonds is 3. The van der Waals surface area contributed by atoms with Crippen molar-refractivity contribution < 1.29 is 14.3 Å². The number of halogens is 1. The molecule has 30 heavy (non-hydrogen) atoms. The fraction of sp³-hybridized carbons (Fsp3) is 0.300. The number of aryl methyl sites for hydroxylation is 1. The number of fused-ring (bicyclic) bond motifs is 2. The fourth-order valence-corrected chi connectivity index (χ4v) is 4.06. The molecular formula is C20H19ClN6O3. The van der Waals surface area contributed by atoms with E-state index in [-0.39, 0.29) is 17.6 Å². The van der Waals surface area contributed by atoms with E-state index in [2.05, 4.69) is 20.1 Å². The molecule has 4 aromatic heterocycles. The lowest BCUT2D eigenvalue weighted by atomic mass is 9.99. The van der Waals surface area contributed by atoms with Crippen LogP contribution in [0.1, 0.15) is 58.3 Å². The molecule has 5 heterocycles. The van der Waals surface area contributed by atoms with Crippen LogP contribution >= 0.6 is 11.6 Å². The maximum Gasteiger partial charge on any atom is 0.292 e. The molecule has 0 spiro atoms. The molecule has 4 aromatic rings. The summed E-state index contributed by atoms with van der Waals surface area (Å²) >= 11 is 6.29. The van der Waals surface area contributed by atoms with E-state index in [0.29, 0.717) is 29.5 Å². The van der Waals surface area contributed by atoms with Crippen molar-refractivity contribution in [2.45, 2.75) is 32.4 Å². The molecular weight excluding hydrogens is 408 g/mol. The van der Waals surface area contributed by atoms with Gasteiger partial charge in [-0.3, -0.25) is 4.79 Å². The van der Waals surface area contributed by atoms with Gasteiger partial charge in [-0.15, -0.1) is 0 Å². The zero-order chi connectivity index (χ0) is 21.0. The van der Waals surface area contributed by atoms with Gasteiger partial charge in [-0.05, 0) is 32.0 Å². The Morgan fingerprint density at radius 2 is 2.27 bits per heavy atom. The number of aliphatic hydroxyl groups is 1. The van der Waals surface area contributed by atoms with Gasteiger partial charge in [0.2, 0.25) is 11.7 Å². The first-order valence-electron chi connectivity index (χ1n) is 9.56. The molecule has 2 N–H and O–H groups in total. The number of amides is 1. The third kappa shape index (κ3) is 2.89. The average molecular weight is 427 g/mol. The Morgan fingerprint density at radius 3 is 3.00 bits per heavy atom. The predicted molar refractivity (Wildman–Crippen MR) is 107 cm³/mol. The quantitative estimate of drug-likeness (QED) is 0.487. The Labute approximate surface area is 176 Å². The van der Waals surface area contributed by atoms with Crippen LogP contribution in [0, 0.1) is 6.92 Å². The van der Waals surface area contributed by atoms with Crippen LogP contribution < -0.4 is 0 Å². The highest BCUT2D eigenvalue weighted by Gasteiger charge is 2.38. The molecule has 0 bridgehead atoms. The first kappa shape index (κ1) is 18.8. The van der Waals surface area contributed by atoms with Gasteiger partial charge in [0.25, 0.3) is 5.91 Å². The zero-order valence-electron chi connectivity index (χ0n) is 16.3. The number of carbonyl (C=O) groups excluding carboxylic acids is 1. The minimum atomic E-state index is -0.902. The highest BCUT2D eigenvalue weighted by atomic mass is 35.5. The molecule has 10 heteroatoms. The molecule has 5 rings (SSSR count). The van der Waals surface area contributed by atoms with Gasteiger partial charge in [-0.25, -0.2) is 14.5 Å². The molecule has 0 radical (unpaired) electrons. The number of imidazole rings is 1. The van der Waals surface area contributed by atoms with E-state index < -0.39 is 12.1 Å². The monoisotopic (exact) mass is 426 g/mol. The SMILES string of the molecule is Cc1nc([C@H](C)O)oc1C(=O)N1CCc2[nH]cnc2C1c1cc2cccc(Cl)n2n1. The van der Waals surface area contributed by atoms with Crippen molar-refractivity contribution in [3.8, 4) is 0 Å². The third-order valence-corrected chi connectivity index (χ3v) is 5.58. The van der Waals surface area contributed by atoms with Gasteiger partial charge in [0.1, 0.15) is 17.3 Å². The van der Waals surface area contributed by atoms with E-state index in [0.717, 1.165) is 16.9 Å². The molecule has 0 aliphatic carbocycles. The molecule has 9 nitrogen and oxygen atoms in total. The summed E-state index contributed by atoms with van der Waals surface area (Å²) in [6.45, 7) is 3.68. The Morgan fingerprint density at radius 1 is 1.43 bits per heavy atom. The lowest BCUT2D eigenvalue weighted by Gasteiger charge is -2.33. The molecule has 1 amide bonds. The highest BCUT2D eigenvalue weighted by Crippen LogP contribution is 2.35. The molecule has 2 atom stereocenters. The topological polar surface area (TPSA) is 113 Å². The maximum atomic E-state index is 13.5. The second kappa shape index (κ2) is 6.96. The summed E-state index contributed by atoms with van der Waals surface area (Å²) in [7, 11) is 0. The smallest absolute Gasteiger partial charge is 0.292 e. The van der Waals surface area contributed by atoms with E-state index in [9.17, 15) is 9.90 Å². The molecule has 0 aromatic carbocycles.